The van der Waals surface area contributed by atoms with Crippen molar-refractivity contribution in [2.75, 3.05) is 6.61 Å². The third-order valence-corrected chi connectivity index (χ3v) is 3.39. The Morgan fingerprint density at radius 1 is 1.61 bits per heavy atom. The van der Waals surface area contributed by atoms with E-state index in [2.05, 4.69) is 16.5 Å². The molecule has 4 heteroatoms. The Kier molecular flexibility index (Phi) is 4.93. The van der Waals surface area contributed by atoms with Gasteiger partial charge in [-0.25, -0.2) is 4.98 Å². The van der Waals surface area contributed by atoms with Crippen LogP contribution in [0.1, 0.15) is 44.9 Å². The maximum absolute atomic E-state index is 11.9. The first kappa shape index (κ1) is 13.3. The quantitative estimate of drug-likeness (QED) is 0.746. The maximum atomic E-state index is 11.9. The smallest absolute Gasteiger partial charge is 0.140 e. The molecule has 1 aliphatic rings. The first-order valence-corrected chi connectivity index (χ1v) is 6.93. The molecule has 1 aliphatic heterocycles. The molecule has 1 fully saturated rings. The molecule has 0 saturated carbocycles. The highest BCUT2D eigenvalue weighted by atomic mass is 16.5. The number of aryl methyl sites for hydroxylation is 1. The summed E-state index contributed by atoms with van der Waals surface area (Å²) in [5, 5.41) is 0. The molecular weight excluding hydrogens is 228 g/mol. The molecule has 1 aromatic rings. The number of rotatable bonds is 7. The van der Waals surface area contributed by atoms with Gasteiger partial charge in [-0.2, -0.15) is 0 Å². The van der Waals surface area contributed by atoms with Crippen LogP contribution in [-0.4, -0.2) is 28.0 Å². The summed E-state index contributed by atoms with van der Waals surface area (Å²) in [4.78, 5) is 16.2. The zero-order valence-corrected chi connectivity index (χ0v) is 11.1. The summed E-state index contributed by atoms with van der Waals surface area (Å²) < 4.78 is 7.60. The number of ketones is 1. The summed E-state index contributed by atoms with van der Waals surface area (Å²) in [6.07, 6.45) is 9.29. The van der Waals surface area contributed by atoms with E-state index >= 15 is 0 Å². The monoisotopic (exact) mass is 250 g/mol. The lowest BCUT2D eigenvalue weighted by atomic mass is 10.1. The van der Waals surface area contributed by atoms with Crippen LogP contribution in [0.25, 0.3) is 0 Å². The largest absolute Gasteiger partial charge is 0.378 e. The summed E-state index contributed by atoms with van der Waals surface area (Å²) >= 11 is 0. The van der Waals surface area contributed by atoms with Crippen molar-refractivity contribution >= 4 is 5.78 Å². The maximum Gasteiger partial charge on any atom is 0.140 e. The predicted molar refractivity (Wildman–Crippen MR) is 69.4 cm³/mol. The van der Waals surface area contributed by atoms with Crippen molar-refractivity contribution in [3.63, 3.8) is 0 Å². The second kappa shape index (κ2) is 6.69. The molecule has 1 atom stereocenters. The van der Waals surface area contributed by atoms with E-state index in [1.54, 1.807) is 6.20 Å². The minimum absolute atomic E-state index is 0.272. The highest BCUT2D eigenvalue weighted by Crippen LogP contribution is 2.17. The Balaban J connectivity index is 1.77. The van der Waals surface area contributed by atoms with Crippen LogP contribution in [0.3, 0.4) is 0 Å². The summed E-state index contributed by atoms with van der Waals surface area (Å²) in [5.41, 5.74) is 0. The minimum Gasteiger partial charge on any atom is -0.378 e. The molecule has 1 aromatic heterocycles. The molecule has 1 unspecified atom stereocenters. The van der Waals surface area contributed by atoms with Crippen LogP contribution in [-0.2, 0) is 22.5 Å². The number of nitrogens with zero attached hydrogens (tertiary/aromatic N) is 2. The van der Waals surface area contributed by atoms with Crippen molar-refractivity contribution in [3.8, 4) is 0 Å². The Labute approximate surface area is 108 Å². The van der Waals surface area contributed by atoms with E-state index in [-0.39, 0.29) is 5.78 Å². The van der Waals surface area contributed by atoms with Crippen LogP contribution in [0.5, 0.6) is 0 Å². The highest BCUT2D eigenvalue weighted by Gasteiger charge is 2.17. The van der Waals surface area contributed by atoms with Crippen molar-refractivity contribution < 1.29 is 9.53 Å². The third-order valence-electron chi connectivity index (χ3n) is 3.39. The van der Waals surface area contributed by atoms with E-state index < -0.39 is 0 Å². The molecular formula is C14H22N2O2. The van der Waals surface area contributed by atoms with Gasteiger partial charge < -0.3 is 9.30 Å². The number of imidazole rings is 1. The second-order valence-electron chi connectivity index (χ2n) is 4.93. The zero-order valence-electron chi connectivity index (χ0n) is 11.1. The van der Waals surface area contributed by atoms with Crippen LogP contribution in [0.2, 0.25) is 0 Å². The summed E-state index contributed by atoms with van der Waals surface area (Å²) in [7, 11) is 0. The molecule has 1 saturated heterocycles. The van der Waals surface area contributed by atoms with Crippen LogP contribution in [0.4, 0.5) is 0 Å². The van der Waals surface area contributed by atoms with Crippen LogP contribution in [0.15, 0.2) is 12.4 Å². The summed E-state index contributed by atoms with van der Waals surface area (Å²) in [6.45, 7) is 3.93. The van der Waals surface area contributed by atoms with Gasteiger partial charge in [0.05, 0.1) is 12.5 Å². The van der Waals surface area contributed by atoms with Gasteiger partial charge in [-0.1, -0.05) is 6.92 Å². The predicted octanol–water partition coefficient (Wildman–Crippen LogP) is 2.36. The van der Waals surface area contributed by atoms with Crippen LogP contribution >= 0.6 is 0 Å². The van der Waals surface area contributed by atoms with Gasteiger partial charge in [0, 0.05) is 32.0 Å². The molecule has 0 amide bonds. The van der Waals surface area contributed by atoms with Gasteiger partial charge in [0.1, 0.15) is 11.6 Å². The molecule has 0 spiro atoms. The molecule has 2 rings (SSSR count). The lowest BCUT2D eigenvalue weighted by Gasteiger charge is -2.09. The average molecular weight is 250 g/mol. The van der Waals surface area contributed by atoms with E-state index in [9.17, 15) is 4.79 Å². The Hall–Kier alpha value is -1.16. The first-order valence-electron chi connectivity index (χ1n) is 6.93. The molecule has 0 radical (unpaired) electrons. The number of carbonyl (C=O) groups excluding carboxylic acids is 1. The van der Waals surface area contributed by atoms with E-state index in [0.29, 0.717) is 18.9 Å². The van der Waals surface area contributed by atoms with Gasteiger partial charge >= 0.3 is 0 Å². The van der Waals surface area contributed by atoms with Gasteiger partial charge in [0.25, 0.3) is 0 Å². The van der Waals surface area contributed by atoms with Crippen molar-refractivity contribution in [1.82, 2.24) is 9.55 Å². The van der Waals surface area contributed by atoms with E-state index in [1.807, 2.05) is 6.20 Å². The fourth-order valence-corrected chi connectivity index (χ4v) is 2.41. The zero-order chi connectivity index (χ0) is 12.8. The molecule has 0 aliphatic carbocycles. The lowest BCUT2D eigenvalue weighted by molar-refractivity contribution is -0.119. The van der Waals surface area contributed by atoms with Crippen molar-refractivity contribution in [3.05, 3.63) is 18.2 Å². The SMILES string of the molecule is CCCn1ccnc1CC(=O)CCC1CCCO1. The number of hydrogen-bond acceptors (Lipinski definition) is 3. The van der Waals surface area contributed by atoms with E-state index in [1.165, 1.54) is 0 Å². The van der Waals surface area contributed by atoms with Gasteiger partial charge in [0.2, 0.25) is 0 Å². The standard InChI is InChI=1S/C14H22N2O2/c1-2-8-16-9-7-15-14(16)11-12(17)5-6-13-4-3-10-18-13/h7,9,13H,2-6,8,10-11H2,1H3. The summed E-state index contributed by atoms with van der Waals surface area (Å²) in [5.74, 6) is 1.17. The molecule has 4 nitrogen and oxygen atoms in total. The van der Waals surface area contributed by atoms with Gasteiger partial charge in [0.15, 0.2) is 0 Å². The van der Waals surface area contributed by atoms with Gasteiger partial charge in [-0.05, 0) is 25.7 Å². The summed E-state index contributed by atoms with van der Waals surface area (Å²) in [6, 6.07) is 0. The average Bonchev–Trinajstić information content (AvgIpc) is 2.99. The molecule has 0 bridgehead atoms. The molecule has 18 heavy (non-hydrogen) atoms. The molecule has 0 N–H and O–H groups in total. The Morgan fingerprint density at radius 3 is 3.22 bits per heavy atom. The Morgan fingerprint density at radius 2 is 2.50 bits per heavy atom. The Bertz CT molecular complexity index is 381. The third kappa shape index (κ3) is 3.67. The minimum atomic E-state index is 0.272. The van der Waals surface area contributed by atoms with Crippen molar-refractivity contribution in [2.24, 2.45) is 0 Å². The fraction of sp³-hybridized carbons (Fsp3) is 0.714. The topological polar surface area (TPSA) is 44.1 Å². The van der Waals surface area contributed by atoms with Crippen LogP contribution in [0, 0.1) is 0 Å². The van der Waals surface area contributed by atoms with E-state index in [0.717, 1.165) is 44.7 Å². The molecule has 100 valence electrons. The van der Waals surface area contributed by atoms with Crippen molar-refractivity contribution in [2.45, 2.75) is 58.1 Å². The number of hydrogen-bond donors (Lipinski definition) is 0. The van der Waals surface area contributed by atoms with Gasteiger partial charge in [-0.15, -0.1) is 0 Å². The number of carbonyl (C=O) groups is 1. The highest BCUT2D eigenvalue weighted by molar-refractivity contribution is 5.80. The normalized spacial score (nSPS) is 19.3. The van der Waals surface area contributed by atoms with Crippen molar-refractivity contribution in [1.29, 1.82) is 0 Å². The first-order chi connectivity index (χ1) is 8.79. The number of ether oxygens (including phenoxy) is 1. The van der Waals surface area contributed by atoms with Crippen LogP contribution < -0.4 is 0 Å². The number of Topliss-reactive ketones (excluding diaryl/α,β-unsaturated/α-hetero) is 1. The van der Waals surface area contributed by atoms with Gasteiger partial charge in [-0.3, -0.25) is 4.79 Å². The molecule has 2 heterocycles. The van der Waals surface area contributed by atoms with E-state index in [4.69, 9.17) is 4.74 Å². The number of aromatic nitrogens is 2. The lowest BCUT2D eigenvalue weighted by Crippen LogP contribution is -2.13. The molecule has 0 aromatic carbocycles. The fourth-order valence-electron chi connectivity index (χ4n) is 2.41. The second-order valence-corrected chi connectivity index (χ2v) is 4.93.